The fourth-order valence-corrected chi connectivity index (χ4v) is 3.89. The Morgan fingerprint density at radius 3 is 3.07 bits per heavy atom. The van der Waals surface area contributed by atoms with Crippen LogP contribution < -0.4 is 0 Å². The quantitative estimate of drug-likeness (QED) is 0.639. The molecule has 152 valence electrons. The van der Waals surface area contributed by atoms with Crippen LogP contribution in [-0.4, -0.2) is 38.4 Å². The summed E-state index contributed by atoms with van der Waals surface area (Å²) >= 11 is 0. The third-order valence-corrected chi connectivity index (χ3v) is 5.39. The number of oxazole rings is 1. The lowest BCUT2D eigenvalue weighted by Gasteiger charge is -2.31. The van der Waals surface area contributed by atoms with E-state index in [2.05, 4.69) is 9.97 Å². The first kappa shape index (κ1) is 19.4. The number of benzene rings is 1. The number of aromatic nitrogens is 3. The minimum absolute atomic E-state index is 0.0855. The smallest absolute Gasteiger partial charge is 0.242 e. The zero-order valence-corrected chi connectivity index (χ0v) is 16.6. The average molecular weight is 396 g/mol. The molecule has 3 heterocycles. The highest BCUT2D eigenvalue weighted by atomic mass is 19.1. The first-order valence-electron chi connectivity index (χ1n) is 10.1. The summed E-state index contributed by atoms with van der Waals surface area (Å²) in [6.45, 7) is 3.70. The lowest BCUT2D eigenvalue weighted by Crippen LogP contribution is -2.41. The average Bonchev–Trinajstić information content (AvgIpc) is 3.37. The predicted molar refractivity (Wildman–Crippen MR) is 106 cm³/mol. The van der Waals surface area contributed by atoms with Crippen LogP contribution in [-0.2, 0) is 24.2 Å². The van der Waals surface area contributed by atoms with Crippen molar-refractivity contribution in [3.63, 3.8) is 0 Å². The number of amides is 1. The number of imidazole rings is 1. The molecule has 2 aromatic heterocycles. The molecular formula is C22H25FN4O2. The molecule has 29 heavy (non-hydrogen) atoms. The van der Waals surface area contributed by atoms with Crippen molar-refractivity contribution in [2.24, 2.45) is 0 Å². The standard InChI is InChI=1S/C22H25FN4O2/c1-2-20-24-8-10-26(20)15-21(28)27-9-4-6-17(14-27)22-25-13-19(29-22)12-16-5-3-7-18(23)11-16/h3,5,7-8,10-11,13,17H,2,4,6,9,12,14-15H2,1H3/t17-/m1/s1. The molecule has 0 N–H and O–H groups in total. The molecule has 3 aromatic rings. The number of carbonyl (C=O) groups is 1. The zero-order valence-electron chi connectivity index (χ0n) is 16.6. The highest BCUT2D eigenvalue weighted by Crippen LogP contribution is 2.27. The molecule has 1 aliphatic heterocycles. The Balaban J connectivity index is 1.39. The van der Waals surface area contributed by atoms with Crippen LogP contribution in [0, 0.1) is 5.82 Å². The summed E-state index contributed by atoms with van der Waals surface area (Å²) in [5, 5.41) is 0. The van der Waals surface area contributed by atoms with E-state index in [4.69, 9.17) is 4.42 Å². The monoisotopic (exact) mass is 396 g/mol. The molecule has 0 radical (unpaired) electrons. The molecule has 0 spiro atoms. The van der Waals surface area contributed by atoms with Gasteiger partial charge in [-0.05, 0) is 30.5 Å². The molecule has 1 saturated heterocycles. The topological polar surface area (TPSA) is 64.2 Å². The van der Waals surface area contributed by atoms with Gasteiger partial charge in [-0.15, -0.1) is 0 Å². The van der Waals surface area contributed by atoms with Crippen LogP contribution in [0.4, 0.5) is 4.39 Å². The van der Waals surface area contributed by atoms with E-state index in [1.165, 1.54) is 12.1 Å². The first-order chi connectivity index (χ1) is 14.1. The number of hydrogen-bond donors (Lipinski definition) is 0. The highest BCUT2D eigenvalue weighted by molar-refractivity contribution is 5.76. The molecule has 1 fully saturated rings. The molecule has 1 aliphatic rings. The summed E-state index contributed by atoms with van der Waals surface area (Å²) in [7, 11) is 0. The SMILES string of the molecule is CCc1nccn1CC(=O)N1CCC[C@@H](c2ncc(Cc3cccc(F)c3)o2)C1. The van der Waals surface area contributed by atoms with E-state index in [-0.39, 0.29) is 17.6 Å². The van der Waals surface area contributed by atoms with E-state index in [0.717, 1.165) is 37.2 Å². The lowest BCUT2D eigenvalue weighted by atomic mass is 9.98. The second-order valence-corrected chi connectivity index (χ2v) is 7.48. The van der Waals surface area contributed by atoms with Crippen LogP contribution in [0.5, 0.6) is 0 Å². The van der Waals surface area contributed by atoms with E-state index in [0.29, 0.717) is 31.2 Å². The minimum atomic E-state index is -0.257. The van der Waals surface area contributed by atoms with Crippen LogP contribution in [0.3, 0.4) is 0 Å². The molecule has 6 nitrogen and oxygen atoms in total. The van der Waals surface area contributed by atoms with Crippen molar-refractivity contribution in [1.82, 2.24) is 19.4 Å². The molecule has 4 rings (SSSR count). The second kappa shape index (κ2) is 8.59. The Morgan fingerprint density at radius 2 is 2.24 bits per heavy atom. The summed E-state index contributed by atoms with van der Waals surface area (Å²) in [5.74, 6) is 2.21. The lowest BCUT2D eigenvalue weighted by molar-refractivity contribution is -0.133. The van der Waals surface area contributed by atoms with Crippen molar-refractivity contribution < 1.29 is 13.6 Å². The molecule has 1 aromatic carbocycles. The van der Waals surface area contributed by atoms with Crippen LogP contribution in [0.1, 0.15) is 48.7 Å². The fourth-order valence-electron chi connectivity index (χ4n) is 3.89. The Labute approximate surface area is 169 Å². The summed E-state index contributed by atoms with van der Waals surface area (Å²) < 4.78 is 21.2. The largest absolute Gasteiger partial charge is 0.445 e. The van der Waals surface area contributed by atoms with Gasteiger partial charge in [-0.25, -0.2) is 14.4 Å². The van der Waals surface area contributed by atoms with Crippen LogP contribution in [0.15, 0.2) is 47.3 Å². The Bertz CT molecular complexity index is 981. The van der Waals surface area contributed by atoms with Crippen LogP contribution >= 0.6 is 0 Å². The molecule has 0 bridgehead atoms. The van der Waals surface area contributed by atoms with Crippen LogP contribution in [0.25, 0.3) is 0 Å². The molecule has 0 aliphatic carbocycles. The number of piperidine rings is 1. The van der Waals surface area contributed by atoms with Gasteiger partial charge in [0.05, 0.1) is 12.1 Å². The van der Waals surface area contributed by atoms with Crippen molar-refractivity contribution in [3.8, 4) is 0 Å². The normalized spacial score (nSPS) is 16.9. The van der Waals surface area contributed by atoms with Gasteiger partial charge in [0, 0.05) is 38.3 Å². The summed E-state index contributed by atoms with van der Waals surface area (Å²) in [5.41, 5.74) is 0.847. The Kier molecular flexibility index (Phi) is 5.74. The van der Waals surface area contributed by atoms with Gasteiger partial charge in [0.25, 0.3) is 0 Å². The number of nitrogens with zero attached hydrogens (tertiary/aromatic N) is 4. The highest BCUT2D eigenvalue weighted by Gasteiger charge is 2.28. The number of rotatable bonds is 6. The van der Waals surface area contributed by atoms with E-state index in [1.54, 1.807) is 18.5 Å². The maximum absolute atomic E-state index is 13.4. The number of halogens is 1. The molecule has 1 amide bonds. The van der Waals surface area contributed by atoms with Gasteiger partial charge in [-0.3, -0.25) is 4.79 Å². The summed E-state index contributed by atoms with van der Waals surface area (Å²) in [6.07, 6.45) is 8.45. The van der Waals surface area contributed by atoms with E-state index in [1.807, 2.05) is 28.7 Å². The summed E-state index contributed by atoms with van der Waals surface area (Å²) in [4.78, 5) is 23.4. The second-order valence-electron chi connectivity index (χ2n) is 7.48. The zero-order chi connectivity index (χ0) is 20.2. The molecule has 0 unspecified atom stereocenters. The van der Waals surface area contributed by atoms with Gasteiger partial charge in [0.2, 0.25) is 5.91 Å². The van der Waals surface area contributed by atoms with Crippen molar-refractivity contribution in [3.05, 3.63) is 71.7 Å². The number of aryl methyl sites for hydroxylation is 1. The van der Waals surface area contributed by atoms with Gasteiger partial charge < -0.3 is 13.9 Å². The molecule has 0 saturated carbocycles. The van der Waals surface area contributed by atoms with E-state index in [9.17, 15) is 9.18 Å². The maximum atomic E-state index is 13.4. The Morgan fingerprint density at radius 1 is 1.34 bits per heavy atom. The van der Waals surface area contributed by atoms with Crippen molar-refractivity contribution in [2.45, 2.75) is 45.1 Å². The maximum Gasteiger partial charge on any atom is 0.242 e. The predicted octanol–water partition coefficient (Wildman–Crippen LogP) is 3.57. The number of likely N-dealkylation sites (tertiary alicyclic amines) is 1. The van der Waals surface area contributed by atoms with E-state index < -0.39 is 0 Å². The minimum Gasteiger partial charge on any atom is -0.445 e. The first-order valence-corrected chi connectivity index (χ1v) is 10.1. The van der Waals surface area contributed by atoms with E-state index >= 15 is 0 Å². The molecule has 7 heteroatoms. The van der Waals surface area contributed by atoms with Gasteiger partial charge in [0.15, 0.2) is 5.89 Å². The Hall–Kier alpha value is -2.96. The van der Waals surface area contributed by atoms with Crippen molar-refractivity contribution in [1.29, 1.82) is 0 Å². The molecule has 1 atom stereocenters. The molecular weight excluding hydrogens is 371 g/mol. The third kappa shape index (κ3) is 4.55. The van der Waals surface area contributed by atoms with Crippen LogP contribution in [0.2, 0.25) is 0 Å². The van der Waals surface area contributed by atoms with Crippen molar-refractivity contribution >= 4 is 5.91 Å². The number of hydrogen-bond acceptors (Lipinski definition) is 4. The third-order valence-electron chi connectivity index (χ3n) is 5.39. The fraction of sp³-hybridized carbons (Fsp3) is 0.409. The number of carbonyl (C=O) groups excluding carboxylic acids is 1. The van der Waals surface area contributed by atoms with Gasteiger partial charge >= 0.3 is 0 Å². The van der Waals surface area contributed by atoms with Gasteiger partial charge in [0.1, 0.15) is 23.9 Å². The van der Waals surface area contributed by atoms with Gasteiger partial charge in [-0.2, -0.15) is 0 Å². The van der Waals surface area contributed by atoms with Gasteiger partial charge in [-0.1, -0.05) is 19.1 Å². The van der Waals surface area contributed by atoms with Crippen molar-refractivity contribution in [2.75, 3.05) is 13.1 Å². The summed E-state index contributed by atoms with van der Waals surface area (Å²) in [6, 6.07) is 6.49.